The van der Waals surface area contributed by atoms with E-state index in [4.69, 9.17) is 5.73 Å². The summed E-state index contributed by atoms with van der Waals surface area (Å²) in [4.78, 5) is 13.7. The smallest absolute Gasteiger partial charge is 0.254 e. The van der Waals surface area contributed by atoms with Gasteiger partial charge in [0.15, 0.2) is 17.5 Å². The molecule has 2 rings (SSSR count). The molecule has 0 aromatic heterocycles. The lowest BCUT2D eigenvalue weighted by molar-refractivity contribution is 0.0587. The van der Waals surface area contributed by atoms with Crippen molar-refractivity contribution in [3.63, 3.8) is 0 Å². The summed E-state index contributed by atoms with van der Waals surface area (Å²) < 4.78 is 39.1. The van der Waals surface area contributed by atoms with E-state index in [0.717, 1.165) is 31.4 Å². The highest BCUT2D eigenvalue weighted by Gasteiger charge is 2.29. The zero-order valence-corrected chi connectivity index (χ0v) is 10.3. The average Bonchev–Trinajstić information content (AvgIpc) is 2.31. The lowest BCUT2D eigenvalue weighted by Crippen LogP contribution is -2.46. The molecule has 1 fully saturated rings. The van der Waals surface area contributed by atoms with Crippen LogP contribution in [0.5, 0.6) is 0 Å². The molecule has 6 heteroatoms. The van der Waals surface area contributed by atoms with Crippen LogP contribution in [0.4, 0.5) is 13.2 Å². The third kappa shape index (κ3) is 2.73. The van der Waals surface area contributed by atoms with Crippen LogP contribution in [0, 0.1) is 17.5 Å². The van der Waals surface area contributed by atoms with Gasteiger partial charge in [0.25, 0.3) is 5.91 Å². The molecule has 0 aliphatic heterocycles. The van der Waals surface area contributed by atoms with Gasteiger partial charge in [0.1, 0.15) is 0 Å². The average molecular weight is 272 g/mol. The Labute approximate surface area is 109 Å². The van der Waals surface area contributed by atoms with Gasteiger partial charge in [-0.05, 0) is 31.4 Å². The summed E-state index contributed by atoms with van der Waals surface area (Å²) in [6, 6.07) is 1.51. The van der Waals surface area contributed by atoms with Crippen molar-refractivity contribution >= 4 is 5.91 Å². The first-order valence-corrected chi connectivity index (χ1v) is 6.20. The van der Waals surface area contributed by atoms with Crippen LogP contribution in [0.2, 0.25) is 0 Å². The van der Waals surface area contributed by atoms with Gasteiger partial charge in [-0.15, -0.1) is 0 Å². The van der Waals surface area contributed by atoms with E-state index in [0.29, 0.717) is 6.54 Å². The molecule has 1 aliphatic rings. The van der Waals surface area contributed by atoms with Crippen LogP contribution in [0.25, 0.3) is 0 Å². The molecule has 0 spiro atoms. The number of nitrogens with zero attached hydrogens (tertiary/aromatic N) is 1. The second-order valence-electron chi connectivity index (χ2n) is 4.63. The highest BCUT2D eigenvalue weighted by Crippen LogP contribution is 2.26. The maximum absolute atomic E-state index is 13.1. The first-order valence-electron chi connectivity index (χ1n) is 6.20. The van der Waals surface area contributed by atoms with E-state index in [1.807, 2.05) is 0 Å². The number of hydrogen-bond acceptors (Lipinski definition) is 2. The molecule has 2 N–H and O–H groups in total. The Hall–Kier alpha value is -1.56. The fourth-order valence-corrected chi connectivity index (χ4v) is 2.13. The van der Waals surface area contributed by atoms with E-state index >= 15 is 0 Å². The van der Waals surface area contributed by atoms with E-state index in [9.17, 15) is 18.0 Å². The molecule has 0 unspecified atom stereocenters. The Morgan fingerprint density at radius 3 is 2.26 bits per heavy atom. The van der Waals surface area contributed by atoms with Crippen molar-refractivity contribution in [3.8, 4) is 0 Å². The first kappa shape index (κ1) is 13.9. The van der Waals surface area contributed by atoms with Crippen LogP contribution in [-0.2, 0) is 0 Å². The van der Waals surface area contributed by atoms with Gasteiger partial charge in [-0.25, -0.2) is 13.2 Å². The van der Waals surface area contributed by atoms with Crippen LogP contribution in [0.1, 0.15) is 29.6 Å². The van der Waals surface area contributed by atoms with E-state index < -0.39 is 23.4 Å². The molecule has 0 atom stereocenters. The van der Waals surface area contributed by atoms with Gasteiger partial charge in [0.05, 0.1) is 0 Å². The van der Waals surface area contributed by atoms with Gasteiger partial charge < -0.3 is 10.6 Å². The molecular formula is C13H15F3N2O. The molecule has 1 saturated carbocycles. The number of carbonyl (C=O) groups is 1. The molecule has 1 aliphatic carbocycles. The second-order valence-corrected chi connectivity index (χ2v) is 4.63. The maximum atomic E-state index is 13.1. The molecule has 104 valence electrons. The molecule has 0 radical (unpaired) electrons. The minimum Gasteiger partial charge on any atom is -0.334 e. The Bertz CT molecular complexity index is 466. The minimum atomic E-state index is -1.56. The summed E-state index contributed by atoms with van der Waals surface area (Å²) in [5, 5.41) is 0. The Morgan fingerprint density at radius 2 is 1.84 bits per heavy atom. The minimum absolute atomic E-state index is 0.0622. The van der Waals surface area contributed by atoms with Crippen molar-refractivity contribution < 1.29 is 18.0 Å². The summed E-state index contributed by atoms with van der Waals surface area (Å²) in [6.07, 6.45) is 2.74. The number of amides is 1. The predicted octanol–water partition coefficient (Wildman–Crippen LogP) is 2.06. The second kappa shape index (κ2) is 5.61. The van der Waals surface area contributed by atoms with Crippen LogP contribution in [0.15, 0.2) is 12.1 Å². The van der Waals surface area contributed by atoms with E-state index in [1.54, 1.807) is 0 Å². The topological polar surface area (TPSA) is 46.3 Å². The largest absolute Gasteiger partial charge is 0.334 e. The fourth-order valence-electron chi connectivity index (χ4n) is 2.13. The van der Waals surface area contributed by atoms with Crippen LogP contribution in [-0.4, -0.2) is 29.9 Å². The number of benzene rings is 1. The third-order valence-corrected chi connectivity index (χ3v) is 3.38. The van der Waals surface area contributed by atoms with Gasteiger partial charge in [0, 0.05) is 24.7 Å². The van der Waals surface area contributed by atoms with Crippen LogP contribution in [0.3, 0.4) is 0 Å². The van der Waals surface area contributed by atoms with Crippen molar-refractivity contribution in [1.29, 1.82) is 0 Å². The Kier molecular flexibility index (Phi) is 4.09. The van der Waals surface area contributed by atoms with Gasteiger partial charge in [-0.3, -0.25) is 4.79 Å². The van der Waals surface area contributed by atoms with Crippen molar-refractivity contribution in [2.75, 3.05) is 13.1 Å². The Balaban J connectivity index is 2.25. The van der Waals surface area contributed by atoms with Crippen molar-refractivity contribution in [1.82, 2.24) is 4.90 Å². The number of nitrogens with two attached hydrogens (primary N) is 1. The summed E-state index contributed by atoms with van der Waals surface area (Å²) in [7, 11) is 0. The highest BCUT2D eigenvalue weighted by molar-refractivity contribution is 5.94. The van der Waals surface area contributed by atoms with Crippen molar-refractivity contribution in [3.05, 3.63) is 35.1 Å². The molecular weight excluding hydrogens is 257 g/mol. The first-order chi connectivity index (χ1) is 9.04. The summed E-state index contributed by atoms with van der Waals surface area (Å²) in [5.41, 5.74) is 5.26. The van der Waals surface area contributed by atoms with Gasteiger partial charge in [-0.1, -0.05) is 0 Å². The molecule has 1 aromatic rings. The van der Waals surface area contributed by atoms with E-state index in [2.05, 4.69) is 0 Å². The Morgan fingerprint density at radius 1 is 1.26 bits per heavy atom. The van der Waals surface area contributed by atoms with E-state index in [-0.39, 0.29) is 18.2 Å². The third-order valence-electron chi connectivity index (χ3n) is 3.38. The molecule has 1 aromatic carbocycles. The van der Waals surface area contributed by atoms with Gasteiger partial charge in [0.2, 0.25) is 0 Å². The summed E-state index contributed by atoms with van der Waals surface area (Å²) in [6.45, 7) is 0.596. The number of carbonyl (C=O) groups excluding carboxylic acids is 1. The maximum Gasteiger partial charge on any atom is 0.254 e. The number of rotatable bonds is 4. The molecule has 0 bridgehead atoms. The standard InChI is InChI=1S/C13H15F3N2O/c14-10-6-8(7-11(15)12(10)16)13(19)18(5-4-17)9-2-1-3-9/h6-7,9H,1-5,17H2. The normalized spacial score (nSPS) is 15.2. The predicted molar refractivity (Wildman–Crippen MR) is 64.0 cm³/mol. The molecule has 1 amide bonds. The molecule has 0 heterocycles. The molecule has 3 nitrogen and oxygen atoms in total. The van der Waals surface area contributed by atoms with Crippen LogP contribution < -0.4 is 5.73 Å². The zero-order chi connectivity index (χ0) is 14.0. The lowest BCUT2D eigenvalue weighted by Gasteiger charge is -2.37. The van der Waals surface area contributed by atoms with Crippen LogP contribution >= 0.6 is 0 Å². The fraction of sp³-hybridized carbons (Fsp3) is 0.462. The van der Waals surface area contributed by atoms with Gasteiger partial charge in [-0.2, -0.15) is 0 Å². The SMILES string of the molecule is NCCN(C(=O)c1cc(F)c(F)c(F)c1)C1CCC1. The molecule has 0 saturated heterocycles. The lowest BCUT2D eigenvalue weighted by atomic mass is 9.91. The monoisotopic (exact) mass is 272 g/mol. The van der Waals surface area contributed by atoms with E-state index in [1.165, 1.54) is 4.90 Å². The van der Waals surface area contributed by atoms with Crippen molar-refractivity contribution in [2.24, 2.45) is 5.73 Å². The quantitative estimate of drug-likeness (QED) is 0.853. The highest BCUT2D eigenvalue weighted by atomic mass is 19.2. The van der Waals surface area contributed by atoms with Gasteiger partial charge >= 0.3 is 0 Å². The zero-order valence-electron chi connectivity index (χ0n) is 10.3. The summed E-state index contributed by atoms with van der Waals surface area (Å²) >= 11 is 0. The number of halogens is 3. The summed E-state index contributed by atoms with van der Waals surface area (Å²) in [5.74, 6) is -4.78. The number of hydrogen-bond donors (Lipinski definition) is 1. The molecule has 19 heavy (non-hydrogen) atoms. The van der Waals surface area contributed by atoms with Crippen molar-refractivity contribution in [2.45, 2.75) is 25.3 Å².